The van der Waals surface area contributed by atoms with Gasteiger partial charge < -0.3 is 21.5 Å². The molecule has 0 fully saturated rings. The van der Waals surface area contributed by atoms with Crippen molar-refractivity contribution in [1.29, 1.82) is 0 Å². The Morgan fingerprint density at radius 3 is 2.38 bits per heavy atom. The monoisotopic (exact) mass is 181 g/mol. The fourth-order valence-electron chi connectivity index (χ4n) is 1.07. The number of nitrogens with zero attached hydrogens (tertiary/aromatic N) is 1. The molecule has 5 nitrogen and oxygen atoms in total. The first-order valence-corrected chi connectivity index (χ1v) is 3.94. The molecular weight excluding hydrogens is 169 g/mol. The van der Waals surface area contributed by atoms with Crippen LogP contribution in [0.3, 0.4) is 0 Å². The molecule has 1 heterocycles. The first-order valence-electron chi connectivity index (χ1n) is 3.94. The molecule has 0 aromatic carbocycles. The summed E-state index contributed by atoms with van der Waals surface area (Å²) in [6, 6.07) is 3.22. The summed E-state index contributed by atoms with van der Waals surface area (Å²) < 4.78 is 0. The van der Waals surface area contributed by atoms with Crippen LogP contribution >= 0.6 is 0 Å². The van der Waals surface area contributed by atoms with Gasteiger partial charge in [-0.1, -0.05) is 6.07 Å². The van der Waals surface area contributed by atoms with Crippen LogP contribution < -0.4 is 16.9 Å². The minimum atomic E-state index is -1.53. The summed E-state index contributed by atoms with van der Waals surface area (Å²) in [7, 11) is -1.53. The minimum absolute atomic E-state index is 0.167. The highest BCUT2D eigenvalue weighted by Gasteiger charge is 2.16. The molecule has 0 aliphatic carbocycles. The summed E-state index contributed by atoms with van der Waals surface area (Å²) in [5.41, 5.74) is 12.2. The highest BCUT2D eigenvalue weighted by molar-refractivity contribution is 6.59. The van der Waals surface area contributed by atoms with Gasteiger partial charge >= 0.3 is 7.12 Å². The van der Waals surface area contributed by atoms with E-state index in [9.17, 15) is 0 Å². The van der Waals surface area contributed by atoms with Crippen LogP contribution in [0.1, 0.15) is 11.4 Å². The number of hydrogen-bond acceptors (Lipinski definition) is 5. The first kappa shape index (κ1) is 10.1. The van der Waals surface area contributed by atoms with Crippen LogP contribution in [-0.4, -0.2) is 22.2 Å². The van der Waals surface area contributed by atoms with E-state index < -0.39 is 7.12 Å². The maximum atomic E-state index is 8.93. The summed E-state index contributed by atoms with van der Waals surface area (Å²) in [6.07, 6.45) is 0. The van der Waals surface area contributed by atoms with Crippen LogP contribution in [0.15, 0.2) is 12.1 Å². The number of aromatic nitrogens is 1. The Morgan fingerprint density at radius 2 is 1.92 bits per heavy atom. The molecule has 0 radical (unpaired) electrons. The molecule has 13 heavy (non-hydrogen) atoms. The molecule has 70 valence electrons. The van der Waals surface area contributed by atoms with Crippen molar-refractivity contribution in [3.8, 4) is 0 Å². The van der Waals surface area contributed by atoms with E-state index in [0.717, 1.165) is 0 Å². The van der Waals surface area contributed by atoms with Gasteiger partial charge in [0.15, 0.2) is 0 Å². The normalized spacial score (nSPS) is 10.2. The molecule has 0 unspecified atom stereocenters. The zero-order chi connectivity index (χ0) is 9.84. The summed E-state index contributed by atoms with van der Waals surface area (Å²) in [5, 5.41) is 17.9. The molecular formula is C7H12BN3O2. The first-order chi connectivity index (χ1) is 6.19. The molecule has 0 saturated carbocycles. The van der Waals surface area contributed by atoms with E-state index in [0.29, 0.717) is 23.4 Å². The van der Waals surface area contributed by atoms with E-state index in [1.807, 2.05) is 0 Å². The Bertz CT molecular complexity index is 293. The van der Waals surface area contributed by atoms with Crippen molar-refractivity contribution in [3.05, 3.63) is 23.5 Å². The van der Waals surface area contributed by atoms with Crippen LogP contribution in [-0.2, 0) is 13.1 Å². The third kappa shape index (κ3) is 2.25. The SMILES string of the molecule is NCc1ccc(B(O)O)c(CN)n1. The third-order valence-corrected chi connectivity index (χ3v) is 1.75. The quantitative estimate of drug-likeness (QED) is 0.391. The summed E-state index contributed by atoms with van der Waals surface area (Å²) in [4.78, 5) is 4.06. The predicted octanol–water partition coefficient (Wildman–Crippen LogP) is -2.32. The molecule has 0 aliphatic heterocycles. The molecule has 0 spiro atoms. The molecule has 0 saturated heterocycles. The number of nitrogens with two attached hydrogens (primary N) is 2. The van der Waals surface area contributed by atoms with Crippen LogP contribution in [0.5, 0.6) is 0 Å². The average molecular weight is 181 g/mol. The molecule has 0 atom stereocenters. The van der Waals surface area contributed by atoms with E-state index in [4.69, 9.17) is 21.5 Å². The zero-order valence-corrected chi connectivity index (χ0v) is 7.14. The van der Waals surface area contributed by atoms with Gasteiger partial charge in [-0.2, -0.15) is 0 Å². The van der Waals surface area contributed by atoms with Gasteiger partial charge in [-0.05, 0) is 6.07 Å². The molecule has 1 aromatic heterocycles. The van der Waals surface area contributed by atoms with Gasteiger partial charge in [-0.15, -0.1) is 0 Å². The lowest BCUT2D eigenvalue weighted by Gasteiger charge is -2.07. The lowest BCUT2D eigenvalue weighted by molar-refractivity contribution is 0.425. The van der Waals surface area contributed by atoms with E-state index in [1.165, 1.54) is 0 Å². The predicted molar refractivity (Wildman–Crippen MR) is 49.8 cm³/mol. The van der Waals surface area contributed by atoms with E-state index in [1.54, 1.807) is 12.1 Å². The van der Waals surface area contributed by atoms with E-state index >= 15 is 0 Å². The highest BCUT2D eigenvalue weighted by Crippen LogP contribution is 1.96. The van der Waals surface area contributed by atoms with Gasteiger partial charge in [0.25, 0.3) is 0 Å². The lowest BCUT2D eigenvalue weighted by Crippen LogP contribution is -2.35. The van der Waals surface area contributed by atoms with Crippen molar-refractivity contribution < 1.29 is 10.0 Å². The van der Waals surface area contributed by atoms with Crippen molar-refractivity contribution in [1.82, 2.24) is 4.98 Å². The Hall–Kier alpha value is -0.945. The number of hydrogen-bond donors (Lipinski definition) is 4. The Balaban J connectivity index is 3.08. The van der Waals surface area contributed by atoms with Crippen LogP contribution in [0, 0.1) is 0 Å². The van der Waals surface area contributed by atoms with Crippen LogP contribution in [0.2, 0.25) is 0 Å². The second-order valence-electron chi connectivity index (χ2n) is 2.62. The zero-order valence-electron chi connectivity index (χ0n) is 7.14. The van der Waals surface area contributed by atoms with Gasteiger partial charge in [0, 0.05) is 18.6 Å². The molecule has 6 heteroatoms. The molecule has 6 N–H and O–H groups in total. The van der Waals surface area contributed by atoms with Gasteiger partial charge in [-0.25, -0.2) is 0 Å². The fraction of sp³-hybridized carbons (Fsp3) is 0.286. The van der Waals surface area contributed by atoms with E-state index in [-0.39, 0.29) is 6.54 Å². The second kappa shape index (κ2) is 4.34. The van der Waals surface area contributed by atoms with Crippen LogP contribution in [0.25, 0.3) is 0 Å². The smallest absolute Gasteiger partial charge is 0.423 e. The maximum Gasteiger partial charge on any atom is 0.490 e. The molecule has 0 amide bonds. The van der Waals surface area contributed by atoms with Gasteiger partial charge in [0.1, 0.15) is 0 Å². The Kier molecular flexibility index (Phi) is 3.38. The molecule has 1 aromatic rings. The largest absolute Gasteiger partial charge is 0.490 e. The highest BCUT2D eigenvalue weighted by atomic mass is 16.4. The third-order valence-electron chi connectivity index (χ3n) is 1.75. The topological polar surface area (TPSA) is 105 Å². The maximum absolute atomic E-state index is 8.93. The fourth-order valence-corrected chi connectivity index (χ4v) is 1.07. The van der Waals surface area contributed by atoms with Crippen molar-refractivity contribution in [2.45, 2.75) is 13.1 Å². The Labute approximate surface area is 76.5 Å². The average Bonchev–Trinajstić information content (AvgIpc) is 2.16. The molecule has 0 aliphatic rings. The number of pyridine rings is 1. The van der Waals surface area contributed by atoms with Crippen molar-refractivity contribution >= 4 is 12.6 Å². The van der Waals surface area contributed by atoms with Gasteiger partial charge in [-0.3, -0.25) is 4.98 Å². The second-order valence-corrected chi connectivity index (χ2v) is 2.62. The van der Waals surface area contributed by atoms with Crippen molar-refractivity contribution in [2.75, 3.05) is 0 Å². The van der Waals surface area contributed by atoms with Gasteiger partial charge in [0.05, 0.1) is 11.4 Å². The standard InChI is InChI=1S/C7H12BN3O2/c9-3-5-1-2-6(8(12)13)7(4-10)11-5/h1-2,12-13H,3-4,9-10H2. The molecule has 0 bridgehead atoms. The summed E-state index contributed by atoms with van der Waals surface area (Å²) in [5.74, 6) is 0. The molecule has 1 rings (SSSR count). The Morgan fingerprint density at radius 1 is 1.23 bits per heavy atom. The van der Waals surface area contributed by atoms with E-state index in [2.05, 4.69) is 4.98 Å². The minimum Gasteiger partial charge on any atom is -0.423 e. The van der Waals surface area contributed by atoms with Gasteiger partial charge in [0.2, 0.25) is 0 Å². The van der Waals surface area contributed by atoms with Crippen molar-refractivity contribution in [3.63, 3.8) is 0 Å². The number of rotatable bonds is 3. The summed E-state index contributed by atoms with van der Waals surface area (Å²) in [6.45, 7) is 0.482. The lowest BCUT2D eigenvalue weighted by atomic mass is 9.79. The van der Waals surface area contributed by atoms with Crippen molar-refractivity contribution in [2.24, 2.45) is 11.5 Å². The summed E-state index contributed by atoms with van der Waals surface area (Å²) >= 11 is 0. The van der Waals surface area contributed by atoms with Crippen LogP contribution in [0.4, 0.5) is 0 Å².